The number of H-pyrrole nitrogens is 1. The van der Waals surface area contributed by atoms with E-state index in [1.807, 2.05) is 0 Å². The van der Waals surface area contributed by atoms with Crippen LogP contribution in [-0.4, -0.2) is 56.3 Å². The first kappa shape index (κ1) is 28.8. The van der Waals surface area contributed by atoms with Gasteiger partial charge in [-0.1, -0.05) is 35.7 Å². The van der Waals surface area contributed by atoms with Crippen molar-refractivity contribution in [3.8, 4) is 17.2 Å². The smallest absolute Gasteiger partial charge is 0.338 e. The molecule has 39 heavy (non-hydrogen) atoms. The minimum atomic E-state index is -0.824. The maximum absolute atomic E-state index is 13.2. The Balaban J connectivity index is 1.50. The number of carbonyl (C=O) groups excluding carboxylic acids is 1. The van der Waals surface area contributed by atoms with E-state index in [2.05, 4.69) is 9.88 Å². The highest BCUT2D eigenvalue weighted by Crippen LogP contribution is 2.35. The molecule has 2 aromatic carbocycles. The highest BCUT2D eigenvalue weighted by molar-refractivity contribution is 6.35. The number of carbonyl (C=O) groups is 1. The summed E-state index contributed by atoms with van der Waals surface area (Å²) in [6.45, 7) is 3.69. The number of methoxy groups -OCH3 is 2. The van der Waals surface area contributed by atoms with E-state index in [4.69, 9.17) is 42.1 Å². The van der Waals surface area contributed by atoms with E-state index in [1.54, 1.807) is 42.5 Å². The molecular weight excluding hydrogens is 543 g/mol. The molecule has 1 aliphatic rings. The molecule has 1 N–H and O–H groups in total. The highest BCUT2D eigenvalue weighted by Gasteiger charge is 2.24. The van der Waals surface area contributed by atoms with Gasteiger partial charge in [-0.25, -0.2) is 4.79 Å². The summed E-state index contributed by atoms with van der Waals surface area (Å²) >= 11 is 12.6. The lowest BCUT2D eigenvalue weighted by molar-refractivity contribution is 0.0297. The fraction of sp³-hybridized carbons (Fsp3) is 0.379. The van der Waals surface area contributed by atoms with Gasteiger partial charge in [0.05, 0.1) is 24.8 Å². The molecule has 10 heteroatoms. The summed E-state index contributed by atoms with van der Waals surface area (Å²) in [4.78, 5) is 30.2. The molecule has 1 saturated heterocycles. The monoisotopic (exact) mass is 574 g/mol. The lowest BCUT2D eigenvalue weighted by Crippen LogP contribution is -2.33. The average Bonchev–Trinajstić information content (AvgIpc) is 2.97. The summed E-state index contributed by atoms with van der Waals surface area (Å²) in [5, 5.41) is 0.197. The summed E-state index contributed by atoms with van der Waals surface area (Å²) in [5.74, 6) is 1.12. The van der Waals surface area contributed by atoms with E-state index in [0.717, 1.165) is 19.6 Å². The van der Waals surface area contributed by atoms with E-state index in [1.165, 1.54) is 39.7 Å². The zero-order chi connectivity index (χ0) is 27.8. The fourth-order valence-electron chi connectivity index (χ4n) is 4.53. The number of hydrogen-bond acceptors (Lipinski definition) is 7. The third kappa shape index (κ3) is 7.47. The molecule has 1 aliphatic heterocycles. The maximum atomic E-state index is 13.2. The number of aromatic nitrogens is 1. The van der Waals surface area contributed by atoms with Crippen LogP contribution in [0.4, 0.5) is 0 Å². The van der Waals surface area contributed by atoms with Gasteiger partial charge in [-0.05, 0) is 67.9 Å². The largest absolute Gasteiger partial charge is 0.493 e. The molecule has 1 fully saturated rings. The van der Waals surface area contributed by atoms with Gasteiger partial charge >= 0.3 is 5.97 Å². The van der Waals surface area contributed by atoms with Gasteiger partial charge in [0.1, 0.15) is 23.5 Å². The Hall–Kier alpha value is -3.20. The second kappa shape index (κ2) is 13.7. The van der Waals surface area contributed by atoms with Crippen molar-refractivity contribution in [1.82, 2.24) is 9.88 Å². The first-order valence-corrected chi connectivity index (χ1v) is 13.6. The standard InChI is InChI=1S/C29H32Cl2N2O6/c1-36-24-11-8-20(16-26(24)37-2)25(17-22-23(30)18-32-28(34)27(22)31)39-29(35)19-6-9-21(10-7-19)38-15-14-33-12-4-3-5-13-33/h6-11,16,18,25H,3-5,12-15,17H2,1-2H3,(H,32,34). The summed E-state index contributed by atoms with van der Waals surface area (Å²) in [5.41, 5.74) is 0.856. The minimum Gasteiger partial charge on any atom is -0.493 e. The Morgan fingerprint density at radius 2 is 1.72 bits per heavy atom. The Kier molecular flexibility index (Phi) is 10.1. The van der Waals surface area contributed by atoms with Crippen LogP contribution >= 0.6 is 23.2 Å². The molecule has 0 amide bonds. The van der Waals surface area contributed by atoms with Gasteiger partial charge < -0.3 is 23.9 Å². The average molecular weight is 575 g/mol. The van der Waals surface area contributed by atoms with Gasteiger partial charge in [-0.3, -0.25) is 9.69 Å². The summed E-state index contributed by atoms with van der Waals surface area (Å²) in [7, 11) is 3.05. The van der Waals surface area contributed by atoms with Crippen LogP contribution in [0.3, 0.4) is 0 Å². The predicted octanol–water partition coefficient (Wildman–Crippen LogP) is 5.70. The topological polar surface area (TPSA) is 90.1 Å². The molecule has 4 rings (SSSR count). The van der Waals surface area contributed by atoms with Crippen LogP contribution in [0.15, 0.2) is 53.5 Å². The van der Waals surface area contributed by atoms with E-state index in [9.17, 15) is 9.59 Å². The van der Waals surface area contributed by atoms with Crippen molar-refractivity contribution in [2.45, 2.75) is 31.8 Å². The van der Waals surface area contributed by atoms with Crippen molar-refractivity contribution in [3.05, 3.63) is 85.8 Å². The predicted molar refractivity (Wildman–Crippen MR) is 151 cm³/mol. The number of piperidine rings is 1. The van der Waals surface area contributed by atoms with Crippen molar-refractivity contribution in [2.75, 3.05) is 40.5 Å². The lowest BCUT2D eigenvalue weighted by Gasteiger charge is -2.26. The van der Waals surface area contributed by atoms with Crippen LogP contribution in [0.5, 0.6) is 17.2 Å². The van der Waals surface area contributed by atoms with E-state index in [0.29, 0.717) is 40.5 Å². The van der Waals surface area contributed by atoms with Gasteiger partial charge in [-0.15, -0.1) is 0 Å². The number of pyridine rings is 1. The highest BCUT2D eigenvalue weighted by atomic mass is 35.5. The molecule has 0 bridgehead atoms. The van der Waals surface area contributed by atoms with Gasteiger partial charge in [-0.2, -0.15) is 0 Å². The van der Waals surface area contributed by atoms with Crippen molar-refractivity contribution in [2.24, 2.45) is 0 Å². The number of halogens is 2. The van der Waals surface area contributed by atoms with Gasteiger partial charge in [0.2, 0.25) is 0 Å². The Morgan fingerprint density at radius 3 is 2.41 bits per heavy atom. The second-order valence-electron chi connectivity index (χ2n) is 9.25. The number of likely N-dealkylation sites (tertiary alicyclic amines) is 1. The van der Waals surface area contributed by atoms with Gasteiger partial charge in [0, 0.05) is 24.7 Å². The quantitative estimate of drug-likeness (QED) is 0.293. The zero-order valence-corrected chi connectivity index (χ0v) is 23.5. The first-order valence-electron chi connectivity index (χ1n) is 12.8. The van der Waals surface area contributed by atoms with E-state index < -0.39 is 17.6 Å². The number of esters is 1. The molecule has 1 atom stereocenters. The molecule has 1 aromatic heterocycles. The zero-order valence-electron chi connectivity index (χ0n) is 22.0. The molecule has 0 aliphatic carbocycles. The molecule has 3 aromatic rings. The molecule has 8 nitrogen and oxygen atoms in total. The number of aromatic amines is 1. The molecule has 2 heterocycles. The third-order valence-electron chi connectivity index (χ3n) is 6.72. The number of nitrogens with one attached hydrogen (secondary N) is 1. The lowest BCUT2D eigenvalue weighted by atomic mass is 10.0. The fourth-order valence-corrected chi connectivity index (χ4v) is 5.04. The molecule has 208 valence electrons. The van der Waals surface area contributed by atoms with Crippen LogP contribution in [0, 0.1) is 0 Å². The van der Waals surface area contributed by atoms with Gasteiger partial charge in [0.25, 0.3) is 5.56 Å². The van der Waals surface area contributed by atoms with Crippen molar-refractivity contribution in [1.29, 1.82) is 0 Å². The molecule has 0 radical (unpaired) electrons. The van der Waals surface area contributed by atoms with Crippen LogP contribution in [0.2, 0.25) is 10.0 Å². The molecular formula is C29H32Cl2N2O6. The number of benzene rings is 2. The van der Waals surface area contributed by atoms with Crippen molar-refractivity contribution in [3.63, 3.8) is 0 Å². The van der Waals surface area contributed by atoms with Crippen LogP contribution in [0.1, 0.15) is 46.9 Å². The molecule has 0 saturated carbocycles. The van der Waals surface area contributed by atoms with Crippen LogP contribution in [-0.2, 0) is 11.2 Å². The molecule has 1 unspecified atom stereocenters. The number of rotatable bonds is 11. The van der Waals surface area contributed by atoms with Gasteiger partial charge in [0.15, 0.2) is 11.5 Å². The minimum absolute atomic E-state index is 0.0601. The molecule has 0 spiro atoms. The van der Waals surface area contributed by atoms with Crippen molar-refractivity contribution < 1.29 is 23.7 Å². The number of ether oxygens (including phenoxy) is 4. The third-order valence-corrected chi connectivity index (χ3v) is 7.45. The number of hydrogen-bond donors (Lipinski definition) is 1. The van der Waals surface area contributed by atoms with Crippen molar-refractivity contribution >= 4 is 29.2 Å². The second-order valence-corrected chi connectivity index (χ2v) is 10.0. The Morgan fingerprint density at radius 1 is 1.00 bits per heavy atom. The summed E-state index contributed by atoms with van der Waals surface area (Å²) < 4.78 is 22.6. The first-order chi connectivity index (χ1) is 18.9. The van der Waals surface area contributed by atoms with E-state index >= 15 is 0 Å². The Bertz CT molecular complexity index is 1320. The van der Waals surface area contributed by atoms with Crippen LogP contribution < -0.4 is 19.8 Å². The Labute approximate surface area is 237 Å². The summed E-state index contributed by atoms with van der Waals surface area (Å²) in [6.07, 6.45) is 4.38. The number of nitrogens with zero attached hydrogens (tertiary/aromatic N) is 1. The van der Waals surface area contributed by atoms with E-state index in [-0.39, 0.29) is 16.5 Å². The SMILES string of the molecule is COc1ccc(C(Cc2c(Cl)c[nH]c(=O)c2Cl)OC(=O)c2ccc(OCCN3CCCCC3)cc2)cc1OC. The van der Waals surface area contributed by atoms with Crippen LogP contribution in [0.25, 0.3) is 0 Å². The maximum Gasteiger partial charge on any atom is 0.338 e. The normalized spacial score (nSPS) is 14.5. The summed E-state index contributed by atoms with van der Waals surface area (Å²) in [6, 6.07) is 12.0.